The lowest BCUT2D eigenvalue weighted by molar-refractivity contribution is 0.0602. The van der Waals surface area contributed by atoms with Crippen molar-refractivity contribution in [2.45, 2.75) is 12.5 Å². The SMILES string of the molecule is COC(=O)c1cc(Cc2ccccc2)sc1NC(=S)N1CCN(C(c2ccccc2)c2ccccc2)CC1. The molecule has 0 bridgehead atoms. The summed E-state index contributed by atoms with van der Waals surface area (Å²) in [5.74, 6) is -0.357. The molecule has 1 aliphatic heterocycles. The van der Waals surface area contributed by atoms with Crippen molar-refractivity contribution in [2.24, 2.45) is 0 Å². The van der Waals surface area contributed by atoms with Gasteiger partial charge < -0.3 is 15.0 Å². The minimum absolute atomic E-state index is 0.199. The minimum atomic E-state index is -0.357. The Morgan fingerprint density at radius 2 is 1.45 bits per heavy atom. The van der Waals surface area contributed by atoms with E-state index in [4.69, 9.17) is 17.0 Å². The van der Waals surface area contributed by atoms with Crippen molar-refractivity contribution < 1.29 is 9.53 Å². The van der Waals surface area contributed by atoms with Crippen LogP contribution in [0.2, 0.25) is 0 Å². The second kappa shape index (κ2) is 12.3. The van der Waals surface area contributed by atoms with Gasteiger partial charge in [-0.2, -0.15) is 0 Å². The standard InChI is InChI=1S/C31H31N3O2S2/c1-36-30(35)27-22-26(21-23-11-5-2-6-12-23)38-29(27)32-31(37)34-19-17-33(18-20-34)28(24-13-7-3-8-14-24)25-15-9-4-10-16-25/h2-16,22,28H,17-21H2,1H3,(H,32,37). The number of esters is 1. The van der Waals surface area contributed by atoms with Crippen LogP contribution in [0.4, 0.5) is 5.00 Å². The molecule has 3 aromatic carbocycles. The summed E-state index contributed by atoms with van der Waals surface area (Å²) in [5.41, 5.74) is 4.31. The number of piperazine rings is 1. The van der Waals surface area contributed by atoms with Crippen molar-refractivity contribution in [1.82, 2.24) is 9.80 Å². The Labute approximate surface area is 233 Å². The predicted octanol–water partition coefficient (Wildman–Crippen LogP) is 6.23. The maximum atomic E-state index is 12.5. The van der Waals surface area contributed by atoms with Crippen LogP contribution in [-0.2, 0) is 11.2 Å². The number of carbonyl (C=O) groups excluding carboxylic acids is 1. The number of rotatable bonds is 7. The molecule has 0 atom stereocenters. The summed E-state index contributed by atoms with van der Waals surface area (Å²) in [5, 5.41) is 4.74. The van der Waals surface area contributed by atoms with Crippen molar-refractivity contribution in [3.8, 4) is 0 Å². The normalized spacial score (nSPS) is 13.9. The maximum Gasteiger partial charge on any atom is 0.340 e. The highest BCUT2D eigenvalue weighted by Gasteiger charge is 2.28. The van der Waals surface area contributed by atoms with E-state index in [1.165, 1.54) is 23.8 Å². The first-order valence-electron chi connectivity index (χ1n) is 12.8. The molecule has 38 heavy (non-hydrogen) atoms. The Kier molecular flexibility index (Phi) is 8.48. The van der Waals surface area contributed by atoms with Gasteiger partial charge >= 0.3 is 5.97 Å². The highest BCUT2D eigenvalue weighted by Crippen LogP contribution is 2.32. The van der Waals surface area contributed by atoms with Crippen molar-refractivity contribution >= 4 is 39.6 Å². The Bertz CT molecular complexity index is 1310. The molecule has 4 aromatic rings. The van der Waals surface area contributed by atoms with Crippen molar-refractivity contribution in [3.63, 3.8) is 0 Å². The van der Waals surface area contributed by atoms with E-state index in [-0.39, 0.29) is 12.0 Å². The van der Waals surface area contributed by atoms with Gasteiger partial charge in [-0.05, 0) is 35.0 Å². The van der Waals surface area contributed by atoms with Gasteiger partial charge in [-0.3, -0.25) is 4.90 Å². The van der Waals surface area contributed by atoms with E-state index >= 15 is 0 Å². The van der Waals surface area contributed by atoms with Gasteiger partial charge in [0, 0.05) is 37.5 Å². The van der Waals surface area contributed by atoms with E-state index in [1.807, 2.05) is 24.3 Å². The van der Waals surface area contributed by atoms with Crippen molar-refractivity contribution in [3.05, 3.63) is 124 Å². The first-order valence-corrected chi connectivity index (χ1v) is 14.0. The smallest absolute Gasteiger partial charge is 0.340 e. The van der Waals surface area contributed by atoms with Gasteiger partial charge in [-0.1, -0.05) is 91.0 Å². The monoisotopic (exact) mass is 541 g/mol. The highest BCUT2D eigenvalue weighted by atomic mass is 32.1. The molecular weight excluding hydrogens is 510 g/mol. The molecule has 5 rings (SSSR count). The van der Waals surface area contributed by atoms with E-state index in [1.54, 1.807) is 11.3 Å². The van der Waals surface area contributed by atoms with Crippen LogP contribution in [0.25, 0.3) is 0 Å². The van der Waals surface area contributed by atoms with Crippen LogP contribution in [0.3, 0.4) is 0 Å². The number of nitrogens with one attached hydrogen (secondary N) is 1. The molecule has 7 heteroatoms. The quantitative estimate of drug-likeness (QED) is 0.221. The summed E-state index contributed by atoms with van der Waals surface area (Å²) in [6.07, 6.45) is 0.753. The van der Waals surface area contributed by atoms with Crippen molar-refractivity contribution in [1.29, 1.82) is 0 Å². The average Bonchev–Trinajstić information content (AvgIpc) is 3.36. The topological polar surface area (TPSA) is 44.8 Å². The zero-order valence-electron chi connectivity index (χ0n) is 21.4. The molecule has 5 nitrogen and oxygen atoms in total. The molecule has 2 heterocycles. The Morgan fingerprint density at radius 3 is 2.00 bits per heavy atom. The van der Waals surface area contributed by atoms with Gasteiger partial charge in [0.05, 0.1) is 18.7 Å². The third-order valence-corrected chi connectivity index (χ3v) is 8.24. The third kappa shape index (κ3) is 6.13. The van der Waals surface area contributed by atoms with E-state index in [9.17, 15) is 4.79 Å². The first kappa shape index (κ1) is 26.1. The van der Waals surface area contributed by atoms with E-state index < -0.39 is 0 Å². The summed E-state index contributed by atoms with van der Waals surface area (Å²) < 4.78 is 5.06. The molecule has 0 saturated carbocycles. The molecular formula is C31H31N3O2S2. The second-order valence-corrected chi connectivity index (χ2v) is 10.8. The lowest BCUT2D eigenvalue weighted by Crippen LogP contribution is -2.51. The molecule has 0 radical (unpaired) electrons. The first-order chi connectivity index (χ1) is 18.6. The van der Waals surface area contributed by atoms with Crippen LogP contribution in [-0.4, -0.2) is 54.2 Å². The van der Waals surface area contributed by atoms with E-state index in [0.29, 0.717) is 10.7 Å². The fourth-order valence-electron chi connectivity index (χ4n) is 4.92. The number of carbonyl (C=O) groups is 1. The summed E-state index contributed by atoms with van der Waals surface area (Å²) in [4.78, 5) is 18.3. The molecule has 194 valence electrons. The van der Waals surface area contributed by atoms with E-state index in [0.717, 1.165) is 42.5 Å². The number of thiocarbonyl (C=S) groups is 1. The molecule has 1 aliphatic rings. The zero-order chi connectivity index (χ0) is 26.3. The Morgan fingerprint density at radius 1 is 0.895 bits per heavy atom. The molecule has 0 aliphatic carbocycles. The van der Waals surface area contributed by atoms with Gasteiger partial charge in [-0.15, -0.1) is 11.3 Å². The van der Waals surface area contributed by atoms with Crippen LogP contribution in [0.5, 0.6) is 0 Å². The number of ether oxygens (including phenoxy) is 1. The molecule has 1 aromatic heterocycles. The molecule has 0 spiro atoms. The van der Waals surface area contributed by atoms with Gasteiger partial charge in [0.2, 0.25) is 0 Å². The van der Waals surface area contributed by atoms with Crippen molar-refractivity contribution in [2.75, 3.05) is 38.6 Å². The molecule has 1 fully saturated rings. The number of benzene rings is 3. The third-order valence-electron chi connectivity index (χ3n) is 6.83. The predicted molar refractivity (Wildman–Crippen MR) is 159 cm³/mol. The number of hydrogen-bond donors (Lipinski definition) is 1. The summed E-state index contributed by atoms with van der Waals surface area (Å²) >= 11 is 7.37. The molecule has 1 N–H and O–H groups in total. The van der Waals surface area contributed by atoms with Crippen LogP contribution in [0.1, 0.15) is 38.0 Å². The van der Waals surface area contributed by atoms with Crippen LogP contribution >= 0.6 is 23.6 Å². The van der Waals surface area contributed by atoms with Crippen LogP contribution < -0.4 is 5.32 Å². The van der Waals surface area contributed by atoms with E-state index in [2.05, 4.69) is 87.9 Å². The molecule has 0 amide bonds. The number of nitrogens with zero attached hydrogens (tertiary/aromatic N) is 2. The molecule has 0 unspecified atom stereocenters. The average molecular weight is 542 g/mol. The van der Waals surface area contributed by atoms with Crippen LogP contribution in [0, 0.1) is 0 Å². The summed E-state index contributed by atoms with van der Waals surface area (Å²) in [6, 6.07) is 33.7. The molecule has 1 saturated heterocycles. The van der Waals surface area contributed by atoms with Gasteiger partial charge in [0.15, 0.2) is 5.11 Å². The maximum absolute atomic E-state index is 12.5. The fraction of sp³-hybridized carbons (Fsp3) is 0.226. The summed E-state index contributed by atoms with van der Waals surface area (Å²) in [7, 11) is 1.41. The zero-order valence-corrected chi connectivity index (χ0v) is 23.0. The van der Waals surface area contributed by atoms with Gasteiger partial charge in [0.1, 0.15) is 5.00 Å². The number of hydrogen-bond acceptors (Lipinski definition) is 5. The Hall–Kier alpha value is -3.52. The second-order valence-electron chi connectivity index (χ2n) is 9.29. The lowest BCUT2D eigenvalue weighted by Gasteiger charge is -2.40. The minimum Gasteiger partial charge on any atom is -0.465 e. The fourth-order valence-corrected chi connectivity index (χ4v) is 6.35. The summed E-state index contributed by atoms with van der Waals surface area (Å²) in [6.45, 7) is 3.36. The Balaban J connectivity index is 1.27. The number of methoxy groups -OCH3 is 1. The number of anilines is 1. The van der Waals surface area contributed by atoms with Gasteiger partial charge in [-0.25, -0.2) is 4.79 Å². The number of thiophene rings is 1. The largest absolute Gasteiger partial charge is 0.465 e. The highest BCUT2D eigenvalue weighted by molar-refractivity contribution is 7.80. The van der Waals surface area contributed by atoms with Crippen LogP contribution in [0.15, 0.2) is 97.1 Å². The lowest BCUT2D eigenvalue weighted by atomic mass is 9.96. The van der Waals surface area contributed by atoms with Gasteiger partial charge in [0.25, 0.3) is 0 Å².